The lowest BCUT2D eigenvalue weighted by molar-refractivity contribution is -0.304. The minimum absolute atomic E-state index is 0.00134. The van der Waals surface area contributed by atoms with Crippen LogP contribution in [-0.4, -0.2) is 36.1 Å². The van der Waals surface area contributed by atoms with E-state index in [4.69, 9.17) is 4.74 Å². The number of alkyl halides is 2. The molecular weight excluding hydrogens is 164 g/mol. The maximum atomic E-state index is 13.0. The lowest BCUT2D eigenvalue weighted by Gasteiger charge is -2.73. The molecule has 2 aliphatic heterocycles. The summed E-state index contributed by atoms with van der Waals surface area (Å²) in [5, 5.41) is 0. The highest BCUT2D eigenvalue weighted by molar-refractivity contribution is 5.27. The second-order valence-electron chi connectivity index (χ2n) is 4.12. The van der Waals surface area contributed by atoms with E-state index in [0.29, 0.717) is 13.2 Å². The van der Waals surface area contributed by atoms with Crippen LogP contribution < -0.4 is 0 Å². The molecule has 0 aromatic carbocycles. The Morgan fingerprint density at radius 2 is 2.25 bits per heavy atom. The number of ether oxygens (including phenoxy) is 1. The van der Waals surface area contributed by atoms with Gasteiger partial charge < -0.3 is 9.64 Å². The maximum Gasteiger partial charge on any atom is 0.262 e. The molecule has 4 heteroatoms. The monoisotopic (exact) mass is 174 g/mol. The Balaban J connectivity index is 1.93. The molecule has 3 unspecified atom stereocenters. The zero-order chi connectivity index (χ0) is 8.56. The molecule has 0 N–H and O–H groups in total. The SMILES string of the molecule is [CH2-]N1C2COCC23CC(F)(F)C13. The number of hydrogen-bond acceptors (Lipinski definition) is 2. The Kier molecular flexibility index (Phi) is 1.01. The van der Waals surface area contributed by atoms with Crippen LogP contribution in [0.1, 0.15) is 6.42 Å². The van der Waals surface area contributed by atoms with Gasteiger partial charge in [0.2, 0.25) is 0 Å². The van der Waals surface area contributed by atoms with Gasteiger partial charge in [0.15, 0.2) is 0 Å². The summed E-state index contributed by atoms with van der Waals surface area (Å²) in [5.41, 5.74) is -0.231. The molecule has 0 aromatic heterocycles. The average Bonchev–Trinajstić information content (AvgIpc) is 2.27. The molecule has 12 heavy (non-hydrogen) atoms. The summed E-state index contributed by atoms with van der Waals surface area (Å²) >= 11 is 0. The quantitative estimate of drug-likeness (QED) is 0.505. The molecule has 2 saturated heterocycles. The summed E-state index contributed by atoms with van der Waals surface area (Å²) < 4.78 is 31.2. The minimum Gasteiger partial charge on any atom is -0.446 e. The first-order valence-electron chi connectivity index (χ1n) is 4.12. The van der Waals surface area contributed by atoms with Gasteiger partial charge in [-0.3, -0.25) is 7.05 Å². The van der Waals surface area contributed by atoms with Gasteiger partial charge in [0.25, 0.3) is 5.92 Å². The molecule has 1 spiro atoms. The second kappa shape index (κ2) is 1.68. The van der Waals surface area contributed by atoms with E-state index < -0.39 is 12.0 Å². The van der Waals surface area contributed by atoms with Gasteiger partial charge in [0.1, 0.15) is 0 Å². The first-order valence-corrected chi connectivity index (χ1v) is 4.12. The molecule has 1 aliphatic carbocycles. The number of hydrogen-bond donors (Lipinski definition) is 0. The Morgan fingerprint density at radius 1 is 1.50 bits per heavy atom. The average molecular weight is 174 g/mol. The van der Waals surface area contributed by atoms with Crippen LogP contribution in [0.15, 0.2) is 0 Å². The van der Waals surface area contributed by atoms with Crippen LogP contribution in [0.2, 0.25) is 0 Å². The molecule has 0 aromatic rings. The summed E-state index contributed by atoms with van der Waals surface area (Å²) in [6.45, 7) is 1.08. The third-order valence-corrected chi connectivity index (χ3v) is 3.55. The predicted molar refractivity (Wildman–Crippen MR) is 37.6 cm³/mol. The number of likely N-dealkylation sites (tertiary alicyclic amines) is 1. The van der Waals surface area contributed by atoms with Crippen molar-refractivity contribution < 1.29 is 13.5 Å². The van der Waals surface area contributed by atoms with Crippen LogP contribution in [0.4, 0.5) is 8.78 Å². The fourth-order valence-electron chi connectivity index (χ4n) is 3.07. The highest BCUT2D eigenvalue weighted by atomic mass is 19.3. The lowest BCUT2D eigenvalue weighted by atomic mass is 9.52. The molecule has 2 nitrogen and oxygen atoms in total. The van der Waals surface area contributed by atoms with Crippen molar-refractivity contribution in [1.29, 1.82) is 0 Å². The van der Waals surface area contributed by atoms with E-state index in [9.17, 15) is 8.78 Å². The zero-order valence-electron chi connectivity index (χ0n) is 6.59. The van der Waals surface area contributed by atoms with Gasteiger partial charge in [-0.25, -0.2) is 8.78 Å². The van der Waals surface area contributed by atoms with E-state index >= 15 is 0 Å². The van der Waals surface area contributed by atoms with E-state index in [1.165, 1.54) is 4.90 Å². The highest BCUT2D eigenvalue weighted by Gasteiger charge is 2.77. The normalized spacial score (nSPS) is 55.2. The van der Waals surface area contributed by atoms with Crippen molar-refractivity contribution in [3.05, 3.63) is 7.05 Å². The number of nitrogens with zero attached hydrogens (tertiary/aromatic N) is 1. The zero-order valence-corrected chi connectivity index (χ0v) is 6.59. The number of halogens is 2. The minimum atomic E-state index is -2.52. The van der Waals surface area contributed by atoms with Gasteiger partial charge in [-0.05, 0) is 0 Å². The standard InChI is InChI=1S/C8H10F2NO/c1-11-5-2-12-4-7(5)3-8(9,10)6(7)11/h5-6H,1-4H2/q-1. The van der Waals surface area contributed by atoms with Crippen LogP contribution in [0.25, 0.3) is 0 Å². The van der Waals surface area contributed by atoms with Gasteiger partial charge in [-0.15, -0.1) is 0 Å². The van der Waals surface area contributed by atoms with Crippen molar-refractivity contribution in [3.8, 4) is 0 Å². The van der Waals surface area contributed by atoms with E-state index in [2.05, 4.69) is 7.05 Å². The van der Waals surface area contributed by atoms with Crippen molar-refractivity contribution in [1.82, 2.24) is 4.90 Å². The van der Waals surface area contributed by atoms with Crippen molar-refractivity contribution >= 4 is 0 Å². The molecule has 3 rings (SSSR count). The van der Waals surface area contributed by atoms with E-state index in [0.717, 1.165) is 0 Å². The summed E-state index contributed by atoms with van der Waals surface area (Å²) in [5.74, 6) is -2.52. The number of piperidine rings is 1. The number of rotatable bonds is 0. The molecule has 68 valence electrons. The Morgan fingerprint density at radius 3 is 2.92 bits per heavy atom. The Hall–Kier alpha value is -0.220. The van der Waals surface area contributed by atoms with Crippen LogP contribution >= 0.6 is 0 Å². The van der Waals surface area contributed by atoms with Gasteiger partial charge in [-0.1, -0.05) is 0 Å². The summed E-state index contributed by atoms with van der Waals surface area (Å²) in [6.07, 6.45) is 0.00134. The van der Waals surface area contributed by atoms with Crippen molar-refractivity contribution in [3.63, 3.8) is 0 Å². The fraction of sp³-hybridized carbons (Fsp3) is 0.875. The maximum absolute atomic E-state index is 13.0. The second-order valence-corrected chi connectivity index (χ2v) is 4.12. The van der Waals surface area contributed by atoms with Crippen LogP contribution in [0.3, 0.4) is 0 Å². The highest BCUT2D eigenvalue weighted by Crippen LogP contribution is 2.66. The van der Waals surface area contributed by atoms with E-state index in [1.54, 1.807) is 0 Å². The molecule has 3 aliphatic rings. The van der Waals surface area contributed by atoms with Gasteiger partial charge in [0.05, 0.1) is 19.3 Å². The predicted octanol–water partition coefficient (Wildman–Crippen LogP) is 0.886. The molecule has 1 saturated carbocycles. The van der Waals surface area contributed by atoms with Crippen LogP contribution in [0.5, 0.6) is 0 Å². The van der Waals surface area contributed by atoms with Crippen molar-refractivity contribution in [2.24, 2.45) is 5.41 Å². The molecule has 2 heterocycles. The third kappa shape index (κ3) is 0.501. The van der Waals surface area contributed by atoms with Crippen LogP contribution in [0, 0.1) is 12.5 Å². The first kappa shape index (κ1) is 7.21. The molecule has 0 bridgehead atoms. The smallest absolute Gasteiger partial charge is 0.262 e. The van der Waals surface area contributed by atoms with E-state index in [1.807, 2.05) is 0 Å². The summed E-state index contributed by atoms with van der Waals surface area (Å²) in [7, 11) is 3.63. The Labute approximate surface area is 69.5 Å². The molecule has 0 amide bonds. The largest absolute Gasteiger partial charge is 0.446 e. The molecule has 3 fully saturated rings. The fourth-order valence-corrected chi connectivity index (χ4v) is 3.07. The third-order valence-electron chi connectivity index (χ3n) is 3.55. The van der Waals surface area contributed by atoms with Gasteiger partial charge in [-0.2, -0.15) is 0 Å². The van der Waals surface area contributed by atoms with Crippen LogP contribution in [-0.2, 0) is 4.74 Å². The Bertz CT molecular complexity index is 245. The molecule has 3 atom stereocenters. The van der Waals surface area contributed by atoms with Gasteiger partial charge >= 0.3 is 0 Å². The topological polar surface area (TPSA) is 12.5 Å². The van der Waals surface area contributed by atoms with E-state index in [-0.39, 0.29) is 17.9 Å². The van der Waals surface area contributed by atoms with Crippen molar-refractivity contribution in [2.75, 3.05) is 13.2 Å². The molecular formula is C8H10F2NO-. The molecule has 0 radical (unpaired) electrons. The summed E-state index contributed by atoms with van der Waals surface area (Å²) in [6, 6.07) is -0.486. The van der Waals surface area contributed by atoms with Gasteiger partial charge in [0, 0.05) is 17.9 Å². The van der Waals surface area contributed by atoms with Crippen molar-refractivity contribution in [2.45, 2.75) is 24.4 Å². The summed E-state index contributed by atoms with van der Waals surface area (Å²) in [4.78, 5) is 1.52. The lowest BCUT2D eigenvalue weighted by Crippen LogP contribution is -2.83. The first-order chi connectivity index (χ1) is 5.58.